The predicted molar refractivity (Wildman–Crippen MR) is 79.8 cm³/mol. The molecule has 19 heavy (non-hydrogen) atoms. The van der Waals surface area contributed by atoms with E-state index in [9.17, 15) is 0 Å². The Kier molecular flexibility index (Phi) is 4.71. The van der Waals surface area contributed by atoms with E-state index in [1.165, 1.54) is 5.56 Å². The largest absolute Gasteiger partial charge is 0.323 e. The van der Waals surface area contributed by atoms with Crippen molar-refractivity contribution in [3.63, 3.8) is 0 Å². The minimum Gasteiger partial charge on any atom is -0.323 e. The number of aryl methyl sites for hydroxylation is 1. The fourth-order valence-corrected chi connectivity index (χ4v) is 2.68. The van der Waals surface area contributed by atoms with Gasteiger partial charge in [-0.2, -0.15) is 5.10 Å². The van der Waals surface area contributed by atoms with Gasteiger partial charge in [-0.3, -0.25) is 9.67 Å². The Morgan fingerprint density at radius 2 is 2.16 bits per heavy atom. The summed E-state index contributed by atoms with van der Waals surface area (Å²) in [5.41, 5.74) is 8.60. The molecule has 2 rings (SSSR count). The van der Waals surface area contributed by atoms with Crippen LogP contribution in [0.2, 0.25) is 0 Å². The van der Waals surface area contributed by atoms with E-state index in [1.54, 1.807) is 6.20 Å². The lowest BCUT2D eigenvalue weighted by Crippen LogP contribution is -2.18. The van der Waals surface area contributed by atoms with Crippen LogP contribution in [0.4, 0.5) is 0 Å². The molecule has 0 aliphatic rings. The SMILES string of the molecule is CC(C)n1ncc(Br)c1C(N)CCc1cccnc1. The van der Waals surface area contributed by atoms with Crippen molar-refractivity contribution in [3.8, 4) is 0 Å². The maximum absolute atomic E-state index is 6.32. The van der Waals surface area contributed by atoms with Gasteiger partial charge < -0.3 is 5.73 Å². The molecule has 1 atom stereocenters. The standard InChI is InChI=1S/C14H19BrN4/c1-10(2)19-14(12(15)9-18-19)13(16)6-5-11-4-3-7-17-8-11/h3-4,7-10,13H,5-6,16H2,1-2H3. The van der Waals surface area contributed by atoms with Gasteiger partial charge in [-0.15, -0.1) is 0 Å². The Balaban J connectivity index is 2.08. The van der Waals surface area contributed by atoms with Crippen LogP contribution in [-0.4, -0.2) is 14.8 Å². The monoisotopic (exact) mass is 322 g/mol. The summed E-state index contributed by atoms with van der Waals surface area (Å²) in [5.74, 6) is 0. The molecule has 0 aliphatic carbocycles. The van der Waals surface area contributed by atoms with Gasteiger partial charge in [0.25, 0.3) is 0 Å². The van der Waals surface area contributed by atoms with Gasteiger partial charge in [0.2, 0.25) is 0 Å². The van der Waals surface area contributed by atoms with Crippen molar-refractivity contribution in [1.82, 2.24) is 14.8 Å². The second kappa shape index (κ2) is 6.30. The van der Waals surface area contributed by atoms with Gasteiger partial charge in [0.05, 0.1) is 16.4 Å². The molecule has 0 saturated heterocycles. The summed E-state index contributed by atoms with van der Waals surface area (Å²) in [6, 6.07) is 4.31. The molecule has 1 unspecified atom stereocenters. The van der Waals surface area contributed by atoms with Crippen LogP contribution >= 0.6 is 15.9 Å². The molecule has 0 fully saturated rings. The lowest BCUT2D eigenvalue weighted by Gasteiger charge is -2.17. The first-order valence-electron chi connectivity index (χ1n) is 6.47. The fraction of sp³-hybridized carbons (Fsp3) is 0.429. The van der Waals surface area contributed by atoms with E-state index in [0.29, 0.717) is 6.04 Å². The molecule has 0 spiro atoms. The van der Waals surface area contributed by atoms with Gasteiger partial charge in [0.1, 0.15) is 0 Å². The lowest BCUT2D eigenvalue weighted by atomic mass is 10.0. The zero-order valence-electron chi connectivity index (χ0n) is 11.3. The van der Waals surface area contributed by atoms with Gasteiger partial charge in [-0.25, -0.2) is 0 Å². The van der Waals surface area contributed by atoms with Gasteiger partial charge >= 0.3 is 0 Å². The molecular weight excluding hydrogens is 304 g/mol. The number of nitrogens with two attached hydrogens (primary N) is 1. The quantitative estimate of drug-likeness (QED) is 0.919. The third-order valence-corrected chi connectivity index (χ3v) is 3.71. The number of pyridine rings is 1. The number of nitrogens with zero attached hydrogens (tertiary/aromatic N) is 3. The van der Waals surface area contributed by atoms with Crippen molar-refractivity contribution in [3.05, 3.63) is 46.5 Å². The summed E-state index contributed by atoms with van der Waals surface area (Å²) in [6.07, 6.45) is 7.29. The van der Waals surface area contributed by atoms with Crippen LogP contribution in [0.25, 0.3) is 0 Å². The molecule has 0 bridgehead atoms. The van der Waals surface area contributed by atoms with Crippen molar-refractivity contribution in [2.75, 3.05) is 0 Å². The average molecular weight is 323 g/mol. The Labute approximate surface area is 122 Å². The van der Waals surface area contributed by atoms with Crippen LogP contribution < -0.4 is 5.73 Å². The molecule has 5 heteroatoms. The minimum atomic E-state index is -0.0283. The molecule has 0 radical (unpaired) electrons. The van der Waals surface area contributed by atoms with Crippen LogP contribution in [0.3, 0.4) is 0 Å². The molecule has 2 heterocycles. The lowest BCUT2D eigenvalue weighted by molar-refractivity contribution is 0.476. The van der Waals surface area contributed by atoms with Crippen molar-refractivity contribution in [2.45, 2.75) is 38.8 Å². The van der Waals surface area contributed by atoms with E-state index in [0.717, 1.165) is 23.0 Å². The highest BCUT2D eigenvalue weighted by Crippen LogP contribution is 2.27. The number of halogens is 1. The van der Waals surface area contributed by atoms with E-state index in [-0.39, 0.29) is 6.04 Å². The first-order valence-corrected chi connectivity index (χ1v) is 7.26. The van der Waals surface area contributed by atoms with E-state index in [1.807, 2.05) is 23.1 Å². The third-order valence-electron chi connectivity index (χ3n) is 3.09. The highest BCUT2D eigenvalue weighted by molar-refractivity contribution is 9.10. The number of hydrogen-bond donors (Lipinski definition) is 1. The van der Waals surface area contributed by atoms with E-state index >= 15 is 0 Å². The average Bonchev–Trinajstić information content (AvgIpc) is 2.79. The topological polar surface area (TPSA) is 56.7 Å². The van der Waals surface area contributed by atoms with Crippen LogP contribution in [0.15, 0.2) is 35.2 Å². The van der Waals surface area contributed by atoms with Crippen LogP contribution in [-0.2, 0) is 6.42 Å². The van der Waals surface area contributed by atoms with Crippen molar-refractivity contribution in [1.29, 1.82) is 0 Å². The number of rotatable bonds is 5. The van der Waals surface area contributed by atoms with E-state index in [4.69, 9.17) is 5.73 Å². The highest BCUT2D eigenvalue weighted by atomic mass is 79.9. The minimum absolute atomic E-state index is 0.0283. The maximum Gasteiger partial charge on any atom is 0.0696 e. The fourth-order valence-electron chi connectivity index (χ4n) is 2.11. The summed E-state index contributed by atoms with van der Waals surface area (Å²) in [5, 5.41) is 4.37. The molecular formula is C14H19BrN4. The summed E-state index contributed by atoms with van der Waals surface area (Å²) in [7, 11) is 0. The zero-order chi connectivity index (χ0) is 13.8. The second-order valence-corrected chi connectivity index (χ2v) is 5.78. The van der Waals surface area contributed by atoms with Crippen molar-refractivity contribution < 1.29 is 0 Å². The van der Waals surface area contributed by atoms with Gasteiger partial charge in [-0.05, 0) is 54.2 Å². The molecule has 102 valence electrons. The Hall–Kier alpha value is -1.20. The van der Waals surface area contributed by atoms with E-state index in [2.05, 4.69) is 45.9 Å². The summed E-state index contributed by atoms with van der Waals surface area (Å²) in [4.78, 5) is 4.12. The van der Waals surface area contributed by atoms with Crippen molar-refractivity contribution in [2.24, 2.45) is 5.73 Å². The highest BCUT2D eigenvalue weighted by Gasteiger charge is 2.18. The van der Waals surface area contributed by atoms with Crippen LogP contribution in [0, 0.1) is 0 Å². The summed E-state index contributed by atoms with van der Waals surface area (Å²) < 4.78 is 2.97. The molecule has 0 aliphatic heterocycles. The molecule has 2 aromatic rings. The third kappa shape index (κ3) is 3.42. The molecule has 2 N–H and O–H groups in total. The van der Waals surface area contributed by atoms with Gasteiger partial charge in [0, 0.05) is 24.5 Å². The zero-order valence-corrected chi connectivity index (χ0v) is 12.8. The summed E-state index contributed by atoms with van der Waals surface area (Å²) in [6.45, 7) is 4.22. The maximum atomic E-state index is 6.32. The molecule has 0 amide bonds. The first kappa shape index (κ1) is 14.2. The molecule has 2 aromatic heterocycles. The van der Waals surface area contributed by atoms with Gasteiger partial charge in [-0.1, -0.05) is 6.07 Å². The normalized spacial score (nSPS) is 12.9. The van der Waals surface area contributed by atoms with E-state index < -0.39 is 0 Å². The second-order valence-electron chi connectivity index (χ2n) is 4.92. The number of aromatic nitrogens is 3. The Morgan fingerprint density at radius 1 is 1.37 bits per heavy atom. The molecule has 0 saturated carbocycles. The molecule has 0 aromatic carbocycles. The van der Waals surface area contributed by atoms with Crippen LogP contribution in [0.5, 0.6) is 0 Å². The number of hydrogen-bond acceptors (Lipinski definition) is 3. The summed E-state index contributed by atoms with van der Waals surface area (Å²) >= 11 is 3.54. The smallest absolute Gasteiger partial charge is 0.0696 e. The first-order chi connectivity index (χ1) is 9.09. The predicted octanol–water partition coefficient (Wildman–Crippen LogP) is 3.25. The van der Waals surface area contributed by atoms with Crippen LogP contribution in [0.1, 0.15) is 43.6 Å². The van der Waals surface area contributed by atoms with Gasteiger partial charge in [0.15, 0.2) is 0 Å². The Bertz CT molecular complexity index is 521. The molecule has 4 nitrogen and oxygen atoms in total. The Morgan fingerprint density at radius 3 is 2.79 bits per heavy atom. The van der Waals surface area contributed by atoms with Crippen molar-refractivity contribution >= 4 is 15.9 Å².